The molecule has 1 amide bonds. The van der Waals surface area contributed by atoms with Crippen LogP contribution in [0.4, 0.5) is 8.78 Å². The second kappa shape index (κ2) is 6.20. The van der Waals surface area contributed by atoms with Crippen molar-refractivity contribution < 1.29 is 23.2 Å². The SMILES string of the molecule is CCC(=O)N(OC(C)=O)C1CCc2c(F)cc(F)cc2C1. The highest BCUT2D eigenvalue weighted by atomic mass is 19.1. The summed E-state index contributed by atoms with van der Waals surface area (Å²) in [4.78, 5) is 28.0. The van der Waals surface area contributed by atoms with Gasteiger partial charge in [0, 0.05) is 19.4 Å². The fourth-order valence-electron chi connectivity index (χ4n) is 2.61. The Hall–Kier alpha value is -1.98. The number of amides is 1. The first-order valence-electron chi connectivity index (χ1n) is 6.89. The molecule has 0 N–H and O–H groups in total. The Morgan fingerprint density at radius 3 is 2.71 bits per heavy atom. The number of benzene rings is 1. The first kappa shape index (κ1) is 15.4. The Bertz CT molecular complexity index is 574. The van der Waals surface area contributed by atoms with Gasteiger partial charge in [0.25, 0.3) is 5.91 Å². The van der Waals surface area contributed by atoms with E-state index in [1.54, 1.807) is 6.92 Å². The van der Waals surface area contributed by atoms with Crippen molar-refractivity contribution in [1.82, 2.24) is 5.06 Å². The van der Waals surface area contributed by atoms with E-state index in [1.807, 2.05) is 0 Å². The lowest BCUT2D eigenvalue weighted by Gasteiger charge is -2.33. The molecule has 0 bridgehead atoms. The van der Waals surface area contributed by atoms with Crippen LogP contribution in [-0.4, -0.2) is 23.0 Å². The highest BCUT2D eigenvalue weighted by molar-refractivity contribution is 5.77. The van der Waals surface area contributed by atoms with Crippen molar-refractivity contribution in [2.75, 3.05) is 0 Å². The smallest absolute Gasteiger partial charge is 0.329 e. The van der Waals surface area contributed by atoms with Gasteiger partial charge in [0.15, 0.2) is 0 Å². The van der Waals surface area contributed by atoms with Gasteiger partial charge < -0.3 is 4.84 Å². The molecule has 21 heavy (non-hydrogen) atoms. The molecule has 6 heteroatoms. The highest BCUT2D eigenvalue weighted by Crippen LogP contribution is 2.28. The number of hydrogen-bond acceptors (Lipinski definition) is 3. The van der Waals surface area contributed by atoms with Gasteiger partial charge in [-0.05, 0) is 36.5 Å². The fourth-order valence-corrected chi connectivity index (χ4v) is 2.61. The van der Waals surface area contributed by atoms with Gasteiger partial charge in [-0.2, -0.15) is 5.06 Å². The molecule has 0 aromatic heterocycles. The summed E-state index contributed by atoms with van der Waals surface area (Å²) >= 11 is 0. The molecule has 2 rings (SSSR count). The Kier molecular flexibility index (Phi) is 4.55. The fraction of sp³-hybridized carbons (Fsp3) is 0.467. The summed E-state index contributed by atoms with van der Waals surface area (Å²) < 4.78 is 27.0. The largest absolute Gasteiger partial charge is 0.338 e. The van der Waals surface area contributed by atoms with Gasteiger partial charge in [-0.15, -0.1) is 0 Å². The van der Waals surface area contributed by atoms with E-state index in [4.69, 9.17) is 4.84 Å². The maximum absolute atomic E-state index is 13.7. The second-order valence-corrected chi connectivity index (χ2v) is 5.08. The molecular weight excluding hydrogens is 280 g/mol. The third kappa shape index (κ3) is 3.37. The molecule has 1 aromatic carbocycles. The molecule has 1 aliphatic rings. The summed E-state index contributed by atoms with van der Waals surface area (Å²) in [6, 6.07) is 1.74. The standard InChI is InChI=1S/C15H17F2NO3/c1-3-15(20)18(21-9(2)19)12-4-5-13-10(7-12)6-11(16)8-14(13)17/h6,8,12H,3-5,7H2,1-2H3. The summed E-state index contributed by atoms with van der Waals surface area (Å²) in [5, 5.41) is 1.05. The molecule has 0 fully saturated rings. The zero-order valence-electron chi connectivity index (χ0n) is 12.0. The summed E-state index contributed by atoms with van der Waals surface area (Å²) in [5.41, 5.74) is 0.990. The van der Waals surface area contributed by atoms with Gasteiger partial charge in [-0.1, -0.05) is 6.92 Å². The van der Waals surface area contributed by atoms with Crippen molar-refractivity contribution in [3.8, 4) is 0 Å². The van der Waals surface area contributed by atoms with Crippen LogP contribution in [0.1, 0.15) is 37.8 Å². The number of hydroxylamine groups is 2. The Balaban J connectivity index is 2.25. The minimum absolute atomic E-state index is 0.189. The Labute approximate surface area is 121 Å². The van der Waals surface area contributed by atoms with E-state index in [2.05, 4.69) is 0 Å². The van der Waals surface area contributed by atoms with Crippen LogP contribution in [-0.2, 0) is 27.3 Å². The average molecular weight is 297 g/mol. The average Bonchev–Trinajstić information content (AvgIpc) is 2.42. The number of rotatable bonds is 2. The zero-order chi connectivity index (χ0) is 15.6. The molecule has 4 nitrogen and oxygen atoms in total. The van der Waals surface area contributed by atoms with E-state index >= 15 is 0 Å². The number of carbonyl (C=O) groups is 2. The minimum atomic E-state index is -0.646. The van der Waals surface area contributed by atoms with Crippen molar-refractivity contribution in [2.24, 2.45) is 0 Å². The highest BCUT2D eigenvalue weighted by Gasteiger charge is 2.31. The molecule has 0 spiro atoms. The molecular formula is C15H17F2NO3. The van der Waals surface area contributed by atoms with Crippen molar-refractivity contribution in [1.29, 1.82) is 0 Å². The topological polar surface area (TPSA) is 46.6 Å². The van der Waals surface area contributed by atoms with E-state index in [1.165, 1.54) is 13.0 Å². The number of halogens is 2. The van der Waals surface area contributed by atoms with Crippen LogP contribution in [0.25, 0.3) is 0 Å². The molecule has 1 atom stereocenters. The van der Waals surface area contributed by atoms with Crippen LogP contribution in [0.3, 0.4) is 0 Å². The van der Waals surface area contributed by atoms with Gasteiger partial charge >= 0.3 is 5.97 Å². The van der Waals surface area contributed by atoms with Gasteiger partial charge in [0.2, 0.25) is 0 Å². The van der Waals surface area contributed by atoms with Gasteiger partial charge in [0.05, 0.1) is 6.04 Å². The van der Waals surface area contributed by atoms with Crippen LogP contribution < -0.4 is 0 Å². The lowest BCUT2D eigenvalue weighted by Crippen LogP contribution is -2.44. The van der Waals surface area contributed by atoms with E-state index in [9.17, 15) is 18.4 Å². The third-order valence-corrected chi connectivity index (χ3v) is 3.54. The quantitative estimate of drug-likeness (QED) is 0.788. The van der Waals surface area contributed by atoms with Gasteiger partial charge in [-0.3, -0.25) is 9.59 Å². The number of hydrogen-bond donors (Lipinski definition) is 0. The molecule has 114 valence electrons. The van der Waals surface area contributed by atoms with E-state index in [0.29, 0.717) is 24.0 Å². The van der Waals surface area contributed by atoms with Crippen molar-refractivity contribution in [3.05, 3.63) is 34.9 Å². The predicted octanol–water partition coefficient (Wildman–Crippen LogP) is 2.54. The number of nitrogens with zero attached hydrogens (tertiary/aromatic N) is 1. The summed E-state index contributed by atoms with van der Waals surface area (Å²) in [6.45, 7) is 2.88. The van der Waals surface area contributed by atoms with Crippen LogP contribution in [0.5, 0.6) is 0 Å². The molecule has 0 saturated carbocycles. The van der Waals surface area contributed by atoms with Crippen molar-refractivity contribution >= 4 is 11.9 Å². The molecule has 0 saturated heterocycles. The van der Waals surface area contributed by atoms with Crippen LogP contribution in [0.15, 0.2) is 12.1 Å². The normalized spacial score (nSPS) is 17.0. The first-order chi connectivity index (χ1) is 9.92. The lowest BCUT2D eigenvalue weighted by molar-refractivity contribution is -0.206. The Morgan fingerprint density at radius 2 is 2.10 bits per heavy atom. The van der Waals surface area contributed by atoms with Crippen LogP contribution >= 0.6 is 0 Å². The number of fused-ring (bicyclic) bond motifs is 1. The summed E-state index contributed by atoms with van der Waals surface area (Å²) in [5.74, 6) is -2.12. The predicted molar refractivity (Wildman–Crippen MR) is 71.1 cm³/mol. The summed E-state index contributed by atoms with van der Waals surface area (Å²) in [7, 11) is 0. The molecule has 1 aromatic rings. The monoisotopic (exact) mass is 297 g/mol. The summed E-state index contributed by atoms with van der Waals surface area (Å²) in [6.07, 6.45) is 1.30. The van der Waals surface area contributed by atoms with Gasteiger partial charge in [-0.25, -0.2) is 8.78 Å². The van der Waals surface area contributed by atoms with E-state index in [-0.39, 0.29) is 18.7 Å². The second-order valence-electron chi connectivity index (χ2n) is 5.08. The van der Waals surface area contributed by atoms with Gasteiger partial charge in [0.1, 0.15) is 11.6 Å². The third-order valence-electron chi connectivity index (χ3n) is 3.54. The molecule has 1 aliphatic carbocycles. The van der Waals surface area contributed by atoms with Crippen molar-refractivity contribution in [3.63, 3.8) is 0 Å². The Morgan fingerprint density at radius 1 is 1.38 bits per heavy atom. The van der Waals surface area contributed by atoms with Crippen LogP contribution in [0, 0.1) is 11.6 Å². The molecule has 0 radical (unpaired) electrons. The van der Waals surface area contributed by atoms with E-state index in [0.717, 1.165) is 11.1 Å². The van der Waals surface area contributed by atoms with Crippen molar-refractivity contribution in [2.45, 2.75) is 45.6 Å². The molecule has 1 unspecified atom stereocenters. The van der Waals surface area contributed by atoms with Crippen LogP contribution in [0.2, 0.25) is 0 Å². The maximum atomic E-state index is 13.7. The lowest BCUT2D eigenvalue weighted by atomic mass is 9.87. The molecule has 0 heterocycles. The van der Waals surface area contributed by atoms with E-state index < -0.39 is 23.6 Å². The first-order valence-corrected chi connectivity index (χ1v) is 6.89. The maximum Gasteiger partial charge on any atom is 0.329 e. The minimum Gasteiger partial charge on any atom is -0.338 e. The zero-order valence-corrected chi connectivity index (χ0v) is 12.0. The number of carbonyl (C=O) groups excluding carboxylic acids is 2. The molecule has 0 aliphatic heterocycles.